The quantitative estimate of drug-likeness (QED) is 0.839. The van der Waals surface area contributed by atoms with Crippen LogP contribution in [-0.2, 0) is 5.92 Å². The van der Waals surface area contributed by atoms with Gasteiger partial charge < -0.3 is 5.32 Å². The molecule has 0 atom stereocenters. The molecule has 0 bridgehead atoms. The molecule has 0 aromatic heterocycles. The van der Waals surface area contributed by atoms with Crippen LogP contribution in [0.25, 0.3) is 0 Å². The van der Waals surface area contributed by atoms with Crippen LogP contribution in [0.3, 0.4) is 0 Å². The number of alkyl halides is 2. The zero-order valence-corrected chi connectivity index (χ0v) is 8.90. The number of hydrogen-bond acceptors (Lipinski definition) is 1. The number of benzene rings is 1. The predicted molar refractivity (Wildman–Crippen MR) is 56.4 cm³/mol. The molecule has 1 aliphatic carbocycles. The van der Waals surface area contributed by atoms with Crippen molar-refractivity contribution in [2.75, 3.05) is 6.54 Å². The maximum atomic E-state index is 13.6. The van der Waals surface area contributed by atoms with Gasteiger partial charge in [-0.15, -0.1) is 0 Å². The molecule has 2 rings (SSSR count). The van der Waals surface area contributed by atoms with Gasteiger partial charge in [0.25, 0.3) is 5.92 Å². The summed E-state index contributed by atoms with van der Waals surface area (Å²) in [5.41, 5.74) is 0.0139. The average molecular weight is 232 g/mol. The Kier molecular flexibility index (Phi) is 2.94. The molecule has 1 aliphatic rings. The first kappa shape index (κ1) is 10.8. The minimum absolute atomic E-state index is 0.0139. The van der Waals surface area contributed by atoms with Crippen LogP contribution in [0.4, 0.5) is 8.78 Å². The van der Waals surface area contributed by atoms with Gasteiger partial charge in [0, 0.05) is 16.6 Å². The normalized spacial score (nSPS) is 16.7. The zero-order valence-electron chi connectivity index (χ0n) is 8.14. The molecule has 0 saturated heterocycles. The average Bonchev–Trinajstić information content (AvgIpc) is 2.99. The van der Waals surface area contributed by atoms with Crippen LogP contribution in [0.1, 0.15) is 18.4 Å². The van der Waals surface area contributed by atoms with Gasteiger partial charge in [-0.2, -0.15) is 8.78 Å². The third-order valence-electron chi connectivity index (χ3n) is 2.46. The Hall–Kier alpha value is -0.670. The van der Waals surface area contributed by atoms with Crippen molar-refractivity contribution < 1.29 is 8.78 Å². The van der Waals surface area contributed by atoms with Gasteiger partial charge >= 0.3 is 0 Å². The second-order valence-electron chi connectivity index (χ2n) is 3.87. The largest absolute Gasteiger partial charge is 0.308 e. The summed E-state index contributed by atoms with van der Waals surface area (Å²) in [7, 11) is 0. The summed E-state index contributed by atoms with van der Waals surface area (Å²) in [4.78, 5) is 0. The molecule has 0 radical (unpaired) electrons. The monoisotopic (exact) mass is 231 g/mol. The van der Waals surface area contributed by atoms with E-state index >= 15 is 0 Å². The Bertz CT molecular complexity index is 333. The van der Waals surface area contributed by atoms with E-state index in [1.165, 1.54) is 24.3 Å². The van der Waals surface area contributed by atoms with Gasteiger partial charge in [0.05, 0.1) is 6.54 Å². The molecule has 15 heavy (non-hydrogen) atoms. The highest BCUT2D eigenvalue weighted by molar-refractivity contribution is 6.30. The highest BCUT2D eigenvalue weighted by atomic mass is 35.5. The van der Waals surface area contributed by atoms with Crippen molar-refractivity contribution in [2.24, 2.45) is 0 Å². The van der Waals surface area contributed by atoms with Gasteiger partial charge in [-0.1, -0.05) is 23.7 Å². The summed E-state index contributed by atoms with van der Waals surface area (Å²) in [6.07, 6.45) is 2.02. The minimum Gasteiger partial charge on any atom is -0.308 e. The van der Waals surface area contributed by atoms with Crippen molar-refractivity contribution in [2.45, 2.75) is 24.8 Å². The number of rotatable bonds is 4. The first-order valence-corrected chi connectivity index (χ1v) is 5.33. The molecule has 1 N–H and O–H groups in total. The summed E-state index contributed by atoms with van der Waals surface area (Å²) in [5.74, 6) is -2.81. The fourth-order valence-electron chi connectivity index (χ4n) is 1.36. The molecule has 4 heteroatoms. The summed E-state index contributed by atoms with van der Waals surface area (Å²) in [6.45, 7) is -0.292. The Morgan fingerprint density at radius 3 is 2.40 bits per heavy atom. The van der Waals surface area contributed by atoms with E-state index in [9.17, 15) is 8.78 Å². The number of nitrogens with one attached hydrogen (secondary N) is 1. The van der Waals surface area contributed by atoms with Gasteiger partial charge in [-0.25, -0.2) is 0 Å². The second-order valence-corrected chi connectivity index (χ2v) is 4.30. The topological polar surface area (TPSA) is 12.0 Å². The number of hydrogen-bond donors (Lipinski definition) is 1. The maximum Gasteiger partial charge on any atom is 0.285 e. The molecule has 1 aromatic rings. The van der Waals surface area contributed by atoms with Crippen molar-refractivity contribution in [3.63, 3.8) is 0 Å². The molecule has 0 spiro atoms. The van der Waals surface area contributed by atoms with Crippen molar-refractivity contribution in [1.82, 2.24) is 5.32 Å². The lowest BCUT2D eigenvalue weighted by Gasteiger charge is -2.17. The van der Waals surface area contributed by atoms with Gasteiger partial charge in [-0.05, 0) is 25.0 Å². The third kappa shape index (κ3) is 2.89. The molecule has 1 aromatic carbocycles. The fraction of sp³-hybridized carbons (Fsp3) is 0.455. The van der Waals surface area contributed by atoms with E-state index in [4.69, 9.17) is 11.6 Å². The van der Waals surface area contributed by atoms with Gasteiger partial charge in [0.1, 0.15) is 0 Å². The van der Waals surface area contributed by atoms with Crippen LogP contribution in [-0.4, -0.2) is 12.6 Å². The zero-order chi connectivity index (χ0) is 10.9. The Balaban J connectivity index is 2.02. The molecule has 0 aliphatic heterocycles. The molecule has 1 saturated carbocycles. The smallest absolute Gasteiger partial charge is 0.285 e. The predicted octanol–water partition coefficient (Wildman–Crippen LogP) is 3.18. The molecular formula is C11H12ClF2N. The molecule has 0 heterocycles. The van der Waals surface area contributed by atoms with Crippen LogP contribution in [0.5, 0.6) is 0 Å². The van der Waals surface area contributed by atoms with Crippen molar-refractivity contribution >= 4 is 11.6 Å². The maximum absolute atomic E-state index is 13.6. The number of halogens is 3. The van der Waals surface area contributed by atoms with Crippen molar-refractivity contribution in [3.05, 3.63) is 34.9 Å². The van der Waals surface area contributed by atoms with Crippen LogP contribution < -0.4 is 5.32 Å². The standard InChI is InChI=1S/C11H12ClF2N/c12-9-3-1-8(2-4-9)11(13,14)7-15-10-5-6-10/h1-4,10,15H,5-7H2. The highest BCUT2D eigenvalue weighted by Gasteiger charge is 2.33. The molecule has 0 amide bonds. The van der Waals surface area contributed by atoms with E-state index in [0.717, 1.165) is 12.8 Å². The Morgan fingerprint density at radius 1 is 1.27 bits per heavy atom. The van der Waals surface area contributed by atoms with E-state index in [1.54, 1.807) is 0 Å². The Morgan fingerprint density at radius 2 is 1.87 bits per heavy atom. The molecule has 1 fully saturated rings. The first-order valence-electron chi connectivity index (χ1n) is 4.95. The summed E-state index contributed by atoms with van der Waals surface area (Å²) in [6, 6.07) is 6.01. The van der Waals surface area contributed by atoms with E-state index < -0.39 is 5.92 Å². The lowest BCUT2D eigenvalue weighted by Crippen LogP contribution is -2.31. The van der Waals surface area contributed by atoms with Crippen LogP contribution in [0, 0.1) is 0 Å². The lowest BCUT2D eigenvalue weighted by molar-refractivity contribution is -0.00348. The van der Waals surface area contributed by atoms with Crippen LogP contribution in [0.15, 0.2) is 24.3 Å². The van der Waals surface area contributed by atoms with E-state index in [1.807, 2.05) is 0 Å². The third-order valence-corrected chi connectivity index (χ3v) is 2.71. The summed E-state index contributed by atoms with van der Waals surface area (Å²) < 4.78 is 27.1. The first-order chi connectivity index (χ1) is 7.08. The lowest BCUT2D eigenvalue weighted by atomic mass is 10.1. The van der Waals surface area contributed by atoms with Crippen LogP contribution >= 0.6 is 11.6 Å². The minimum atomic E-state index is -2.81. The van der Waals surface area contributed by atoms with E-state index in [2.05, 4.69) is 5.32 Å². The van der Waals surface area contributed by atoms with Crippen molar-refractivity contribution in [1.29, 1.82) is 0 Å². The molecule has 82 valence electrons. The van der Waals surface area contributed by atoms with E-state index in [-0.39, 0.29) is 12.1 Å². The van der Waals surface area contributed by atoms with Crippen LogP contribution in [0.2, 0.25) is 5.02 Å². The summed E-state index contributed by atoms with van der Waals surface area (Å²) in [5, 5.41) is 3.30. The molecular weight excluding hydrogens is 220 g/mol. The molecule has 1 nitrogen and oxygen atoms in total. The van der Waals surface area contributed by atoms with E-state index in [0.29, 0.717) is 11.1 Å². The van der Waals surface area contributed by atoms with Gasteiger partial charge in [-0.3, -0.25) is 0 Å². The van der Waals surface area contributed by atoms with Crippen molar-refractivity contribution in [3.8, 4) is 0 Å². The SMILES string of the molecule is FC(F)(CNC1CC1)c1ccc(Cl)cc1. The molecule has 0 unspecified atom stereocenters. The Labute approximate surface area is 92.4 Å². The summed E-state index contributed by atoms with van der Waals surface area (Å²) >= 11 is 5.64. The van der Waals surface area contributed by atoms with Gasteiger partial charge in [0.2, 0.25) is 0 Å². The fourth-order valence-corrected chi connectivity index (χ4v) is 1.48. The van der Waals surface area contributed by atoms with Gasteiger partial charge in [0.15, 0.2) is 0 Å². The highest BCUT2D eigenvalue weighted by Crippen LogP contribution is 2.29. The second kappa shape index (κ2) is 4.06.